The van der Waals surface area contributed by atoms with Gasteiger partial charge in [-0.2, -0.15) is 0 Å². The van der Waals surface area contributed by atoms with Gasteiger partial charge in [0.05, 0.1) is 0 Å². The van der Waals surface area contributed by atoms with Crippen LogP contribution in [0.3, 0.4) is 0 Å². The molecule has 0 fully saturated rings. The molecule has 0 aliphatic rings. The van der Waals surface area contributed by atoms with Gasteiger partial charge in [0.1, 0.15) is 0 Å². The number of nitrogen functional groups attached to an aromatic ring is 1. The molecule has 3 N–H and O–H groups in total. The van der Waals surface area contributed by atoms with Gasteiger partial charge in [-0.25, -0.2) is 0 Å². The van der Waals surface area contributed by atoms with Crippen molar-refractivity contribution >= 4 is 24.0 Å². The van der Waals surface area contributed by atoms with E-state index in [1.54, 1.807) is 24.3 Å². The van der Waals surface area contributed by atoms with E-state index in [1.807, 2.05) is 0 Å². The second-order valence-electron chi connectivity index (χ2n) is 7.03. The van der Waals surface area contributed by atoms with Crippen molar-refractivity contribution < 1.29 is 9.53 Å². The maximum absolute atomic E-state index is 11.9. The van der Waals surface area contributed by atoms with Crippen molar-refractivity contribution in [3.05, 3.63) is 29.8 Å². The summed E-state index contributed by atoms with van der Waals surface area (Å²) in [5.41, 5.74) is 6.90. The van der Waals surface area contributed by atoms with Crippen LogP contribution in [0, 0.1) is 0 Å². The Morgan fingerprint density at radius 3 is 2.15 bits per heavy atom. The first-order valence-corrected chi connectivity index (χ1v) is 10.5. The molecule has 1 rings (SSSR count). The van der Waals surface area contributed by atoms with Crippen LogP contribution in [0.2, 0.25) is 0 Å². The summed E-state index contributed by atoms with van der Waals surface area (Å²) in [4.78, 5) is 11.9. The molecule has 4 nitrogen and oxygen atoms in total. The van der Waals surface area contributed by atoms with Gasteiger partial charge >= 0.3 is 0 Å². The molecule has 0 radical (unpaired) electrons. The zero-order valence-electron chi connectivity index (χ0n) is 17.0. The number of hydrogen-bond donors (Lipinski definition) is 2. The Kier molecular flexibility index (Phi) is 17.3. The average Bonchev–Trinajstić information content (AvgIpc) is 2.64. The molecule has 0 atom stereocenters. The van der Waals surface area contributed by atoms with E-state index in [0.29, 0.717) is 24.4 Å². The number of nitrogens with two attached hydrogens (primary N) is 1. The van der Waals surface area contributed by atoms with Crippen LogP contribution in [-0.4, -0.2) is 25.7 Å². The molecule has 0 aliphatic carbocycles. The van der Waals surface area contributed by atoms with Gasteiger partial charge in [-0.3, -0.25) is 4.79 Å². The first kappa shape index (κ1) is 25.7. The fourth-order valence-corrected chi connectivity index (χ4v) is 2.95. The number of anilines is 1. The third-order valence-electron chi connectivity index (χ3n) is 4.54. The smallest absolute Gasteiger partial charge is 0.251 e. The Labute approximate surface area is 172 Å². The number of carbonyl (C=O) groups excluding carboxylic acids is 1. The molecule has 156 valence electrons. The zero-order chi connectivity index (χ0) is 18.9. The topological polar surface area (TPSA) is 64.3 Å². The molecule has 0 bridgehead atoms. The predicted octanol–water partition coefficient (Wildman–Crippen LogP) is 5.75. The van der Waals surface area contributed by atoms with Gasteiger partial charge in [-0.05, 0) is 31.0 Å². The summed E-state index contributed by atoms with van der Waals surface area (Å²) in [5, 5.41) is 2.90. The van der Waals surface area contributed by atoms with Gasteiger partial charge < -0.3 is 15.8 Å². The highest BCUT2D eigenvalue weighted by atomic mass is 35.5. The summed E-state index contributed by atoms with van der Waals surface area (Å²) >= 11 is 0. The van der Waals surface area contributed by atoms with Gasteiger partial charge in [0, 0.05) is 31.0 Å². The Morgan fingerprint density at radius 1 is 0.926 bits per heavy atom. The lowest BCUT2D eigenvalue weighted by molar-refractivity contribution is 0.0940. The van der Waals surface area contributed by atoms with Crippen LogP contribution in [0.4, 0.5) is 5.69 Å². The molecule has 0 spiro atoms. The fraction of sp³-hybridized carbons (Fsp3) is 0.682. The minimum atomic E-state index is -0.0769. The molecule has 0 saturated carbocycles. The van der Waals surface area contributed by atoms with Crippen molar-refractivity contribution in [2.24, 2.45) is 0 Å². The molecular formula is C22H39ClN2O2. The fourth-order valence-electron chi connectivity index (χ4n) is 2.95. The van der Waals surface area contributed by atoms with Crippen molar-refractivity contribution in [2.45, 2.75) is 77.6 Å². The van der Waals surface area contributed by atoms with Crippen molar-refractivity contribution in [3.8, 4) is 0 Å². The number of benzene rings is 1. The minimum absolute atomic E-state index is 0. The number of hydrogen-bond acceptors (Lipinski definition) is 3. The van der Waals surface area contributed by atoms with Crippen molar-refractivity contribution in [2.75, 3.05) is 25.5 Å². The minimum Gasteiger partial charge on any atom is -0.399 e. The molecule has 5 heteroatoms. The van der Waals surface area contributed by atoms with Crippen LogP contribution in [0.25, 0.3) is 0 Å². The number of ether oxygens (including phenoxy) is 1. The Bertz CT molecular complexity index is 483. The quantitative estimate of drug-likeness (QED) is 0.275. The molecule has 0 saturated heterocycles. The van der Waals surface area contributed by atoms with Gasteiger partial charge in [0.25, 0.3) is 5.91 Å². The van der Waals surface area contributed by atoms with Crippen LogP contribution in [0.5, 0.6) is 0 Å². The molecule has 0 unspecified atom stereocenters. The van der Waals surface area contributed by atoms with E-state index in [-0.39, 0.29) is 18.3 Å². The molecule has 1 aromatic rings. The molecule has 1 amide bonds. The summed E-state index contributed by atoms with van der Waals surface area (Å²) in [6, 6.07) is 7.03. The summed E-state index contributed by atoms with van der Waals surface area (Å²) in [6.45, 7) is 4.43. The Balaban J connectivity index is 0.00000676. The lowest BCUT2D eigenvalue weighted by atomic mass is 10.1. The van der Waals surface area contributed by atoms with E-state index in [4.69, 9.17) is 10.5 Å². The van der Waals surface area contributed by atoms with Crippen molar-refractivity contribution in [1.82, 2.24) is 5.32 Å². The predicted molar refractivity (Wildman–Crippen MR) is 118 cm³/mol. The number of carbonyl (C=O) groups is 1. The second kappa shape index (κ2) is 18.1. The number of nitrogens with one attached hydrogen (secondary N) is 1. The summed E-state index contributed by atoms with van der Waals surface area (Å²) in [6.07, 6.45) is 14.3. The summed E-state index contributed by atoms with van der Waals surface area (Å²) in [7, 11) is 0. The Morgan fingerprint density at radius 2 is 1.52 bits per heavy atom. The lowest BCUT2D eigenvalue weighted by Crippen LogP contribution is -2.25. The third kappa shape index (κ3) is 14.5. The summed E-state index contributed by atoms with van der Waals surface area (Å²) in [5.74, 6) is -0.0769. The van der Waals surface area contributed by atoms with Gasteiger partial charge in [0.2, 0.25) is 0 Å². The average molecular weight is 399 g/mol. The third-order valence-corrected chi connectivity index (χ3v) is 4.54. The van der Waals surface area contributed by atoms with E-state index < -0.39 is 0 Å². The van der Waals surface area contributed by atoms with E-state index >= 15 is 0 Å². The van der Waals surface area contributed by atoms with Gasteiger partial charge in [-0.1, -0.05) is 70.8 Å². The van der Waals surface area contributed by atoms with E-state index in [2.05, 4.69) is 12.2 Å². The molecule has 0 aliphatic heterocycles. The standard InChI is InChI=1S/C22H38N2O2.ClH/c1-2-3-4-5-6-7-8-9-10-11-17-26-18-13-16-24-22(25)20-14-12-15-21(23)19-20;/h12,14-15,19H,2-11,13,16-18,23H2,1H3,(H,24,25);1H. The molecule has 27 heavy (non-hydrogen) atoms. The van der Waals surface area contributed by atoms with Gasteiger partial charge in [0.15, 0.2) is 0 Å². The van der Waals surface area contributed by atoms with Gasteiger partial charge in [-0.15, -0.1) is 12.4 Å². The normalized spacial score (nSPS) is 10.4. The van der Waals surface area contributed by atoms with Crippen LogP contribution < -0.4 is 11.1 Å². The number of rotatable bonds is 16. The van der Waals surface area contributed by atoms with Crippen molar-refractivity contribution in [1.29, 1.82) is 0 Å². The van der Waals surface area contributed by atoms with Crippen LogP contribution >= 0.6 is 12.4 Å². The molecular weight excluding hydrogens is 360 g/mol. The number of unbranched alkanes of at least 4 members (excludes halogenated alkanes) is 9. The highest BCUT2D eigenvalue weighted by Crippen LogP contribution is 2.10. The molecule has 0 heterocycles. The molecule has 1 aromatic carbocycles. The van der Waals surface area contributed by atoms with E-state index in [0.717, 1.165) is 19.4 Å². The highest BCUT2D eigenvalue weighted by Gasteiger charge is 2.04. The largest absolute Gasteiger partial charge is 0.399 e. The van der Waals surface area contributed by atoms with Crippen LogP contribution in [0.15, 0.2) is 24.3 Å². The Hall–Kier alpha value is -1.26. The lowest BCUT2D eigenvalue weighted by Gasteiger charge is -2.07. The highest BCUT2D eigenvalue weighted by molar-refractivity contribution is 5.94. The monoisotopic (exact) mass is 398 g/mol. The number of amides is 1. The second-order valence-corrected chi connectivity index (χ2v) is 7.03. The van der Waals surface area contributed by atoms with E-state index in [1.165, 1.54) is 57.8 Å². The first-order chi connectivity index (χ1) is 12.7. The zero-order valence-corrected chi connectivity index (χ0v) is 17.8. The molecule has 0 aromatic heterocycles. The maximum Gasteiger partial charge on any atom is 0.251 e. The van der Waals surface area contributed by atoms with Crippen molar-refractivity contribution in [3.63, 3.8) is 0 Å². The number of halogens is 1. The SMILES string of the molecule is CCCCCCCCCCCCOCCCNC(=O)c1cccc(N)c1.Cl. The first-order valence-electron chi connectivity index (χ1n) is 10.5. The maximum atomic E-state index is 11.9. The van der Waals surface area contributed by atoms with E-state index in [9.17, 15) is 4.79 Å². The van der Waals surface area contributed by atoms with Crippen LogP contribution in [0.1, 0.15) is 87.9 Å². The summed E-state index contributed by atoms with van der Waals surface area (Å²) < 4.78 is 5.64. The van der Waals surface area contributed by atoms with Crippen LogP contribution in [-0.2, 0) is 4.74 Å².